The van der Waals surface area contributed by atoms with Crippen LogP contribution in [0, 0.1) is 6.92 Å². The van der Waals surface area contributed by atoms with Crippen molar-refractivity contribution < 1.29 is 14.4 Å². The summed E-state index contributed by atoms with van der Waals surface area (Å²) >= 11 is 1.74. The van der Waals surface area contributed by atoms with E-state index in [1.54, 1.807) is 16.2 Å². The minimum absolute atomic E-state index is 0.111. The lowest BCUT2D eigenvalue weighted by atomic mass is 9.87. The molecular weight excluding hydrogens is 532 g/mol. The summed E-state index contributed by atoms with van der Waals surface area (Å²) in [7, 11) is 0. The molecule has 1 atom stereocenters. The van der Waals surface area contributed by atoms with Crippen molar-refractivity contribution in [1.29, 1.82) is 0 Å². The molecule has 2 fully saturated rings. The van der Waals surface area contributed by atoms with Gasteiger partial charge in [0.05, 0.1) is 10.2 Å². The summed E-state index contributed by atoms with van der Waals surface area (Å²) in [6.45, 7) is 5.53. The molecule has 8 heteroatoms. The van der Waals surface area contributed by atoms with E-state index in [1.807, 2.05) is 6.07 Å². The number of carbonyl (C=O) groups is 3. The summed E-state index contributed by atoms with van der Waals surface area (Å²) in [5.41, 5.74) is 7.72. The van der Waals surface area contributed by atoms with Crippen LogP contribution in [0.4, 0.5) is 0 Å². The zero-order valence-electron chi connectivity index (χ0n) is 23.1. The number of hydrogen-bond donors (Lipinski definition) is 1. The molecule has 3 aliphatic heterocycles. The third-order valence-electron chi connectivity index (χ3n) is 8.76. The average Bonchev–Trinajstić information content (AvgIpc) is 3.54. The molecule has 4 heterocycles. The van der Waals surface area contributed by atoms with Crippen LogP contribution in [0.15, 0.2) is 60.7 Å². The van der Waals surface area contributed by atoms with Crippen LogP contribution in [-0.4, -0.2) is 51.6 Å². The van der Waals surface area contributed by atoms with E-state index in [2.05, 4.69) is 71.7 Å². The Balaban J connectivity index is 0.961. The van der Waals surface area contributed by atoms with E-state index in [1.165, 1.54) is 21.4 Å². The highest BCUT2D eigenvalue weighted by molar-refractivity contribution is 7.21. The van der Waals surface area contributed by atoms with Gasteiger partial charge >= 0.3 is 0 Å². The number of fused-ring (bicyclic) bond motifs is 2. The maximum absolute atomic E-state index is 13.0. The molecule has 7 rings (SSSR count). The number of rotatable bonds is 5. The summed E-state index contributed by atoms with van der Waals surface area (Å²) < 4.78 is 1.22. The number of nitrogens with zero attached hydrogens (tertiary/aromatic N) is 3. The molecule has 41 heavy (non-hydrogen) atoms. The molecule has 3 aliphatic rings. The minimum atomic E-state index is -0.571. The second-order valence-corrected chi connectivity index (χ2v) is 12.6. The third-order valence-corrected chi connectivity index (χ3v) is 9.84. The van der Waals surface area contributed by atoms with Gasteiger partial charge in [0.2, 0.25) is 11.8 Å². The largest absolute Gasteiger partial charge is 0.322 e. The Labute approximate surface area is 243 Å². The quantitative estimate of drug-likeness (QED) is 0.328. The Hall–Kier alpha value is -3.88. The molecule has 3 amide bonds. The number of aryl methyl sites for hydroxylation is 1. The number of hydrogen-bond acceptors (Lipinski definition) is 6. The van der Waals surface area contributed by atoms with Crippen molar-refractivity contribution in [1.82, 2.24) is 20.1 Å². The van der Waals surface area contributed by atoms with E-state index in [0.717, 1.165) is 54.1 Å². The van der Waals surface area contributed by atoms with Gasteiger partial charge in [-0.3, -0.25) is 24.6 Å². The van der Waals surface area contributed by atoms with Crippen LogP contribution in [0.25, 0.3) is 20.8 Å². The van der Waals surface area contributed by atoms with Crippen molar-refractivity contribution in [2.75, 3.05) is 13.1 Å². The highest BCUT2D eigenvalue weighted by Crippen LogP contribution is 2.35. The van der Waals surface area contributed by atoms with Crippen molar-refractivity contribution in [3.05, 3.63) is 88.5 Å². The number of imide groups is 1. The number of aromatic nitrogens is 1. The van der Waals surface area contributed by atoms with Crippen molar-refractivity contribution in [2.24, 2.45) is 0 Å². The maximum Gasteiger partial charge on any atom is 0.255 e. The fraction of sp³-hybridized carbons (Fsp3) is 0.333. The molecule has 1 unspecified atom stereocenters. The molecule has 1 aromatic heterocycles. The Morgan fingerprint density at radius 1 is 0.951 bits per heavy atom. The van der Waals surface area contributed by atoms with Crippen LogP contribution >= 0.6 is 11.3 Å². The molecule has 0 bridgehead atoms. The molecule has 0 saturated carbocycles. The summed E-state index contributed by atoms with van der Waals surface area (Å²) in [4.78, 5) is 45.9. The van der Waals surface area contributed by atoms with Crippen LogP contribution in [0.2, 0.25) is 0 Å². The number of nitrogens with one attached hydrogen (secondary N) is 1. The molecule has 1 N–H and O–H groups in total. The van der Waals surface area contributed by atoms with E-state index in [-0.39, 0.29) is 24.1 Å². The summed E-state index contributed by atoms with van der Waals surface area (Å²) in [6.07, 6.45) is 2.81. The number of piperidine rings is 2. The van der Waals surface area contributed by atoms with Crippen LogP contribution in [0.1, 0.15) is 64.2 Å². The van der Waals surface area contributed by atoms with Gasteiger partial charge in [-0.05, 0) is 85.6 Å². The van der Waals surface area contributed by atoms with Crippen molar-refractivity contribution in [3.8, 4) is 10.6 Å². The van der Waals surface area contributed by atoms with Crippen LogP contribution in [0.3, 0.4) is 0 Å². The van der Waals surface area contributed by atoms with Gasteiger partial charge in [-0.1, -0.05) is 42.5 Å². The summed E-state index contributed by atoms with van der Waals surface area (Å²) in [6, 6.07) is 20.9. The first-order valence-electron chi connectivity index (χ1n) is 14.4. The number of benzene rings is 3. The van der Waals surface area contributed by atoms with Crippen molar-refractivity contribution >= 4 is 39.3 Å². The van der Waals surface area contributed by atoms with Crippen molar-refractivity contribution in [2.45, 2.75) is 57.7 Å². The lowest BCUT2D eigenvalue weighted by Crippen LogP contribution is -2.52. The highest BCUT2D eigenvalue weighted by Gasteiger charge is 2.39. The van der Waals surface area contributed by atoms with Crippen LogP contribution < -0.4 is 5.32 Å². The molecule has 2 saturated heterocycles. The fourth-order valence-corrected chi connectivity index (χ4v) is 7.40. The Kier molecular flexibility index (Phi) is 6.67. The Bertz CT molecular complexity index is 1670. The second-order valence-electron chi connectivity index (χ2n) is 11.6. The number of amides is 3. The van der Waals surface area contributed by atoms with Crippen molar-refractivity contribution in [3.63, 3.8) is 0 Å². The van der Waals surface area contributed by atoms with Gasteiger partial charge in [0.1, 0.15) is 11.0 Å². The smallest absolute Gasteiger partial charge is 0.255 e. The normalized spacial score (nSPS) is 20.1. The number of likely N-dealkylation sites (tertiary alicyclic amines) is 1. The molecule has 0 radical (unpaired) electrons. The Morgan fingerprint density at radius 3 is 2.54 bits per heavy atom. The zero-order valence-corrected chi connectivity index (χ0v) is 23.9. The highest BCUT2D eigenvalue weighted by atomic mass is 32.1. The first-order valence-corrected chi connectivity index (χ1v) is 15.2. The van der Waals surface area contributed by atoms with Gasteiger partial charge in [0.25, 0.3) is 5.91 Å². The molecule has 0 aliphatic carbocycles. The van der Waals surface area contributed by atoms with E-state index in [0.29, 0.717) is 24.4 Å². The standard InChI is InChI=1S/C33H32N4O3S/c1-20-2-10-29-27(16-20)34-32(41-29)23-5-3-21(4-6-23)18-36-14-12-22(13-15-36)24-7-8-26-25(17-24)19-37(33(26)40)28-9-11-30(38)35-31(28)39/h2-8,10,16-17,22,28H,9,11-15,18-19H2,1H3,(H,35,38,39). The third kappa shape index (κ3) is 5.06. The van der Waals surface area contributed by atoms with E-state index in [9.17, 15) is 14.4 Å². The SMILES string of the molecule is Cc1ccc2sc(-c3ccc(CN4CCC(c5ccc6c(c5)CN(C5CCC(=O)NC5=O)C6=O)CC4)cc3)nc2c1. The van der Waals surface area contributed by atoms with Gasteiger partial charge in [-0.25, -0.2) is 4.98 Å². The van der Waals surface area contributed by atoms with Crippen LogP contribution in [0.5, 0.6) is 0 Å². The lowest BCUT2D eigenvalue weighted by molar-refractivity contribution is -0.136. The monoisotopic (exact) mass is 564 g/mol. The predicted molar refractivity (Wildman–Crippen MR) is 160 cm³/mol. The zero-order chi connectivity index (χ0) is 28.1. The minimum Gasteiger partial charge on any atom is -0.322 e. The van der Waals surface area contributed by atoms with Gasteiger partial charge < -0.3 is 4.90 Å². The van der Waals surface area contributed by atoms with E-state index in [4.69, 9.17) is 4.98 Å². The Morgan fingerprint density at radius 2 is 1.76 bits per heavy atom. The topological polar surface area (TPSA) is 82.6 Å². The van der Waals surface area contributed by atoms with Gasteiger partial charge in [0.15, 0.2) is 0 Å². The summed E-state index contributed by atoms with van der Waals surface area (Å²) in [5, 5.41) is 3.44. The first-order chi connectivity index (χ1) is 19.9. The molecule has 7 nitrogen and oxygen atoms in total. The van der Waals surface area contributed by atoms with Crippen LogP contribution in [-0.2, 0) is 22.7 Å². The van der Waals surface area contributed by atoms with Gasteiger partial charge in [-0.2, -0.15) is 0 Å². The number of carbonyl (C=O) groups excluding carboxylic acids is 3. The molecule has 3 aromatic carbocycles. The molecule has 0 spiro atoms. The summed E-state index contributed by atoms with van der Waals surface area (Å²) in [5.74, 6) is -0.279. The van der Waals surface area contributed by atoms with E-state index < -0.39 is 6.04 Å². The van der Waals surface area contributed by atoms with Gasteiger partial charge in [-0.15, -0.1) is 11.3 Å². The molecular formula is C33H32N4O3S. The first kappa shape index (κ1) is 26.0. The second kappa shape index (κ2) is 10.5. The van der Waals surface area contributed by atoms with E-state index >= 15 is 0 Å². The predicted octanol–water partition coefficient (Wildman–Crippen LogP) is 5.41. The average molecular weight is 565 g/mol. The lowest BCUT2D eigenvalue weighted by Gasteiger charge is -2.32. The maximum atomic E-state index is 13.0. The molecule has 4 aromatic rings. The number of thiazole rings is 1. The molecule has 208 valence electrons. The van der Waals surface area contributed by atoms with Gasteiger partial charge in [0, 0.05) is 30.6 Å². The fourth-order valence-electron chi connectivity index (χ4n) is 6.44.